The normalized spacial score (nSPS) is 16.4. The molecule has 0 aromatic carbocycles. The van der Waals surface area contributed by atoms with Gasteiger partial charge in [0.25, 0.3) is 0 Å². The van der Waals surface area contributed by atoms with E-state index in [4.69, 9.17) is 11.6 Å². The number of nitriles is 1. The fourth-order valence-electron chi connectivity index (χ4n) is 3.11. The molecule has 0 saturated carbocycles. The predicted molar refractivity (Wildman–Crippen MR) is 126 cm³/mol. The SMILES string of the molecule is CC.CC/C=C(C#N)/C(=C\c1cnc(Cl)cc1C)C1=CNC(C(=O)CCC)C=C1C. The van der Waals surface area contributed by atoms with Gasteiger partial charge in [0.15, 0.2) is 5.78 Å². The summed E-state index contributed by atoms with van der Waals surface area (Å²) in [5.41, 5.74) is 5.14. The summed E-state index contributed by atoms with van der Waals surface area (Å²) >= 11 is 5.98. The number of allylic oxidation sites excluding steroid dienone is 5. The van der Waals surface area contributed by atoms with Crippen LogP contribution in [0.25, 0.3) is 6.08 Å². The molecular weight excluding hydrogens is 394 g/mol. The van der Waals surface area contributed by atoms with E-state index >= 15 is 0 Å². The number of carbonyl (C=O) groups is 1. The second-order valence-corrected chi connectivity index (χ2v) is 7.22. The van der Waals surface area contributed by atoms with Gasteiger partial charge in [-0.25, -0.2) is 4.98 Å². The minimum atomic E-state index is -0.315. The summed E-state index contributed by atoms with van der Waals surface area (Å²) in [7, 11) is 0. The Hall–Kier alpha value is -2.64. The smallest absolute Gasteiger partial charge is 0.158 e. The lowest BCUT2D eigenvalue weighted by molar-refractivity contribution is -0.119. The summed E-state index contributed by atoms with van der Waals surface area (Å²) in [5, 5.41) is 13.4. The molecule has 1 aromatic rings. The third-order valence-corrected chi connectivity index (χ3v) is 4.83. The molecule has 160 valence electrons. The lowest BCUT2D eigenvalue weighted by atomic mass is 9.88. The molecule has 5 heteroatoms. The number of rotatable bonds is 7. The van der Waals surface area contributed by atoms with Crippen LogP contribution in [-0.4, -0.2) is 16.8 Å². The molecule has 0 saturated heterocycles. The second kappa shape index (κ2) is 12.8. The number of hydrogen-bond acceptors (Lipinski definition) is 4. The standard InChI is InChI=1S/C23H26ClN3O.C2H6/c1-5-7-17(12-25)19(11-18-13-27-23(24)10-15(18)3)20-14-26-21(9-16(20)4)22(28)8-6-2;1-2/h7,9-11,13-14,21,26H,5-6,8H2,1-4H3;1-2H3/b17-7+,19-11+;. The Morgan fingerprint density at radius 1 is 1.33 bits per heavy atom. The predicted octanol–water partition coefficient (Wildman–Crippen LogP) is 6.48. The van der Waals surface area contributed by atoms with Gasteiger partial charge in [-0.05, 0) is 55.5 Å². The fraction of sp³-hybridized carbons (Fsp3) is 0.400. The zero-order valence-electron chi connectivity index (χ0n) is 18.8. The number of nitrogens with one attached hydrogen (secondary N) is 1. The number of aromatic nitrogens is 1. The van der Waals surface area contributed by atoms with E-state index < -0.39 is 0 Å². The molecule has 2 rings (SSSR count). The second-order valence-electron chi connectivity index (χ2n) is 6.83. The number of pyridine rings is 1. The van der Waals surface area contributed by atoms with Gasteiger partial charge >= 0.3 is 0 Å². The summed E-state index contributed by atoms with van der Waals surface area (Å²) in [6.45, 7) is 11.9. The number of carbonyl (C=O) groups excluding carboxylic acids is 1. The van der Waals surface area contributed by atoms with Crippen LogP contribution in [0.3, 0.4) is 0 Å². The molecule has 1 N–H and O–H groups in total. The first kappa shape index (κ1) is 25.4. The van der Waals surface area contributed by atoms with Crippen LogP contribution < -0.4 is 5.32 Å². The highest BCUT2D eigenvalue weighted by atomic mass is 35.5. The fourth-order valence-corrected chi connectivity index (χ4v) is 3.32. The molecule has 0 radical (unpaired) electrons. The lowest BCUT2D eigenvalue weighted by Gasteiger charge is -2.23. The lowest BCUT2D eigenvalue weighted by Crippen LogP contribution is -2.34. The van der Waals surface area contributed by atoms with Crippen LogP contribution in [0.15, 0.2) is 52.9 Å². The van der Waals surface area contributed by atoms with Gasteiger partial charge in [-0.2, -0.15) is 5.26 Å². The number of Topliss-reactive ketones (excluding diaryl/α,β-unsaturated/α-hetero) is 1. The van der Waals surface area contributed by atoms with E-state index in [1.165, 1.54) is 0 Å². The zero-order valence-corrected chi connectivity index (χ0v) is 19.6. The molecule has 0 bridgehead atoms. The molecule has 0 fully saturated rings. The Bertz CT molecular complexity index is 917. The van der Waals surface area contributed by atoms with E-state index in [-0.39, 0.29) is 11.8 Å². The molecule has 1 aliphatic rings. The molecule has 1 aromatic heterocycles. The third kappa shape index (κ3) is 6.71. The van der Waals surface area contributed by atoms with Crippen LogP contribution in [0.1, 0.15) is 65.0 Å². The van der Waals surface area contributed by atoms with Crippen LogP contribution >= 0.6 is 11.6 Å². The Balaban J connectivity index is 0.00000218. The maximum absolute atomic E-state index is 12.2. The molecule has 30 heavy (non-hydrogen) atoms. The first-order valence-electron chi connectivity index (χ1n) is 10.5. The minimum absolute atomic E-state index is 0.171. The van der Waals surface area contributed by atoms with Crippen LogP contribution in [-0.2, 0) is 4.79 Å². The average Bonchev–Trinajstić information content (AvgIpc) is 2.74. The van der Waals surface area contributed by atoms with Crippen molar-refractivity contribution in [1.82, 2.24) is 10.3 Å². The topological polar surface area (TPSA) is 65.8 Å². The van der Waals surface area contributed by atoms with Crippen LogP contribution in [0.4, 0.5) is 0 Å². The molecule has 1 unspecified atom stereocenters. The van der Waals surface area contributed by atoms with Crippen molar-refractivity contribution in [3.05, 3.63) is 69.2 Å². The van der Waals surface area contributed by atoms with E-state index in [0.717, 1.165) is 40.7 Å². The highest BCUT2D eigenvalue weighted by Crippen LogP contribution is 2.31. The van der Waals surface area contributed by atoms with Crippen molar-refractivity contribution in [3.63, 3.8) is 0 Å². The summed E-state index contributed by atoms with van der Waals surface area (Å²) < 4.78 is 0. The first-order valence-corrected chi connectivity index (χ1v) is 10.9. The molecule has 4 nitrogen and oxygen atoms in total. The Labute approximate surface area is 186 Å². The number of nitrogens with zero attached hydrogens (tertiary/aromatic N) is 2. The van der Waals surface area contributed by atoms with Gasteiger partial charge < -0.3 is 5.32 Å². The highest BCUT2D eigenvalue weighted by Gasteiger charge is 2.22. The maximum atomic E-state index is 12.2. The number of aryl methyl sites for hydroxylation is 1. The third-order valence-electron chi connectivity index (χ3n) is 4.62. The summed E-state index contributed by atoms with van der Waals surface area (Å²) in [5.74, 6) is 0.171. The van der Waals surface area contributed by atoms with E-state index in [1.54, 1.807) is 12.3 Å². The van der Waals surface area contributed by atoms with Crippen LogP contribution in [0.5, 0.6) is 0 Å². The van der Waals surface area contributed by atoms with Gasteiger partial charge in [0.1, 0.15) is 11.2 Å². The Morgan fingerprint density at radius 2 is 2.03 bits per heavy atom. The van der Waals surface area contributed by atoms with E-state index in [1.807, 2.05) is 66.0 Å². The Kier molecular flexibility index (Phi) is 10.9. The highest BCUT2D eigenvalue weighted by molar-refractivity contribution is 6.29. The summed E-state index contributed by atoms with van der Waals surface area (Å²) in [6, 6.07) is 3.80. The van der Waals surface area contributed by atoms with Gasteiger partial charge in [0, 0.05) is 30.0 Å². The van der Waals surface area contributed by atoms with Crippen molar-refractivity contribution in [2.45, 2.75) is 66.8 Å². The van der Waals surface area contributed by atoms with Crippen molar-refractivity contribution >= 4 is 23.5 Å². The van der Waals surface area contributed by atoms with Gasteiger partial charge in [-0.15, -0.1) is 0 Å². The quantitative estimate of drug-likeness (QED) is 0.308. The van der Waals surface area contributed by atoms with Crippen molar-refractivity contribution < 1.29 is 4.79 Å². The summed E-state index contributed by atoms with van der Waals surface area (Å²) in [4.78, 5) is 16.4. The van der Waals surface area contributed by atoms with Gasteiger partial charge in [0.2, 0.25) is 0 Å². The molecule has 2 heterocycles. The van der Waals surface area contributed by atoms with Crippen molar-refractivity contribution in [2.24, 2.45) is 0 Å². The Morgan fingerprint density at radius 3 is 2.57 bits per heavy atom. The molecule has 0 aliphatic carbocycles. The monoisotopic (exact) mass is 425 g/mol. The largest absolute Gasteiger partial charge is 0.378 e. The van der Waals surface area contributed by atoms with Gasteiger partial charge in [-0.3, -0.25) is 4.79 Å². The van der Waals surface area contributed by atoms with Crippen LogP contribution in [0, 0.1) is 18.3 Å². The molecule has 1 atom stereocenters. The number of hydrogen-bond donors (Lipinski definition) is 1. The summed E-state index contributed by atoms with van der Waals surface area (Å²) in [6.07, 6.45) is 11.5. The number of ketones is 1. The molecule has 0 spiro atoms. The molecule has 0 amide bonds. The number of halogens is 1. The van der Waals surface area contributed by atoms with Crippen molar-refractivity contribution in [1.29, 1.82) is 5.26 Å². The number of dihydropyridines is 1. The maximum Gasteiger partial charge on any atom is 0.158 e. The van der Waals surface area contributed by atoms with E-state index in [9.17, 15) is 10.1 Å². The van der Waals surface area contributed by atoms with Crippen LogP contribution in [0.2, 0.25) is 5.15 Å². The van der Waals surface area contributed by atoms with E-state index in [0.29, 0.717) is 17.1 Å². The molecular formula is C25H32ClN3O. The minimum Gasteiger partial charge on any atom is -0.378 e. The average molecular weight is 426 g/mol. The van der Waals surface area contributed by atoms with E-state index in [2.05, 4.69) is 16.4 Å². The zero-order chi connectivity index (χ0) is 22.7. The van der Waals surface area contributed by atoms with Gasteiger partial charge in [0.05, 0.1) is 11.6 Å². The van der Waals surface area contributed by atoms with Gasteiger partial charge in [-0.1, -0.05) is 51.4 Å². The van der Waals surface area contributed by atoms with Crippen molar-refractivity contribution in [2.75, 3.05) is 0 Å². The van der Waals surface area contributed by atoms with Crippen molar-refractivity contribution in [3.8, 4) is 6.07 Å². The molecule has 1 aliphatic heterocycles. The first-order chi connectivity index (χ1) is 14.4.